The van der Waals surface area contributed by atoms with Crippen molar-refractivity contribution in [2.45, 2.75) is 31.7 Å². The second-order valence-electron chi connectivity index (χ2n) is 8.66. The normalized spacial score (nSPS) is 22.1. The molecule has 34 heavy (non-hydrogen) atoms. The summed E-state index contributed by atoms with van der Waals surface area (Å²) in [4.78, 5) is 17.0. The monoisotopic (exact) mass is 488 g/mol. The van der Waals surface area contributed by atoms with Crippen molar-refractivity contribution in [1.82, 2.24) is 14.6 Å². The number of carbonyl (C=O) groups is 1. The molecule has 2 aliphatic rings. The van der Waals surface area contributed by atoms with Gasteiger partial charge in [-0.3, -0.25) is 9.57 Å². The molecule has 1 aromatic carbocycles. The van der Waals surface area contributed by atoms with Gasteiger partial charge in [0.2, 0.25) is 0 Å². The second-order valence-corrected chi connectivity index (χ2v) is 11.4. The summed E-state index contributed by atoms with van der Waals surface area (Å²) in [5.41, 5.74) is 2.03. The molecule has 0 spiro atoms. The minimum Gasteiger partial charge on any atom is -0.483 e. The van der Waals surface area contributed by atoms with Crippen molar-refractivity contribution in [2.75, 3.05) is 31.0 Å². The van der Waals surface area contributed by atoms with Gasteiger partial charge < -0.3 is 19.5 Å². The molecule has 0 radical (unpaired) electrons. The fraction of sp³-hybridized carbons (Fsp3) is 0.409. The maximum Gasteiger partial charge on any atom is 0.285 e. The van der Waals surface area contributed by atoms with Gasteiger partial charge >= 0.3 is 0 Å². The van der Waals surface area contributed by atoms with Crippen molar-refractivity contribution < 1.29 is 23.4 Å². The maximum atomic E-state index is 14.1. The summed E-state index contributed by atoms with van der Waals surface area (Å²) in [7, 11) is -2.12. The number of ether oxygens (including phenoxy) is 3. The third kappa shape index (κ3) is 4.36. The third-order valence-corrected chi connectivity index (χ3v) is 6.39. The molecule has 0 saturated carbocycles. The van der Waals surface area contributed by atoms with Gasteiger partial charge in [0.1, 0.15) is 29.5 Å². The predicted octanol–water partition coefficient (Wildman–Crippen LogP) is 3.36. The SMILES string of the molecule is Cc1c(C(=O)N=S(C)(C)=N)cn2ncnc(Nc3ccc(F)cc3O[C@@H]3CO[C@@H]4CCO[C@@H]43)c12. The van der Waals surface area contributed by atoms with Crippen LogP contribution < -0.4 is 10.1 Å². The van der Waals surface area contributed by atoms with E-state index in [4.69, 9.17) is 19.0 Å². The van der Waals surface area contributed by atoms with Crippen LogP contribution in [0.3, 0.4) is 0 Å². The number of fused-ring (bicyclic) bond motifs is 2. The first-order valence-corrected chi connectivity index (χ1v) is 13.1. The molecule has 2 N–H and O–H groups in total. The number of hydrogen-bond donors (Lipinski definition) is 2. The van der Waals surface area contributed by atoms with E-state index in [1.54, 1.807) is 31.7 Å². The van der Waals surface area contributed by atoms with Crippen LogP contribution in [-0.4, -0.2) is 64.5 Å². The Hall–Kier alpha value is -3.09. The number of amides is 1. The number of anilines is 2. The molecule has 2 aliphatic heterocycles. The number of nitrogens with one attached hydrogen (secondary N) is 2. The lowest BCUT2D eigenvalue weighted by Gasteiger charge is -2.20. The van der Waals surface area contributed by atoms with Gasteiger partial charge in [0.15, 0.2) is 11.9 Å². The first-order valence-electron chi connectivity index (χ1n) is 10.7. The highest BCUT2D eigenvalue weighted by Crippen LogP contribution is 2.35. The Morgan fingerprint density at radius 3 is 3.00 bits per heavy atom. The van der Waals surface area contributed by atoms with Crippen LogP contribution in [0.15, 0.2) is 35.1 Å². The molecule has 3 aromatic rings. The molecule has 12 heteroatoms. The van der Waals surface area contributed by atoms with E-state index >= 15 is 0 Å². The Morgan fingerprint density at radius 1 is 1.38 bits per heavy atom. The summed E-state index contributed by atoms with van der Waals surface area (Å²) in [6, 6.07) is 4.20. The van der Waals surface area contributed by atoms with Gasteiger partial charge in [-0.25, -0.2) is 13.9 Å². The van der Waals surface area contributed by atoms with Crippen LogP contribution in [0.25, 0.3) is 5.52 Å². The van der Waals surface area contributed by atoms with Crippen LogP contribution in [0.1, 0.15) is 22.3 Å². The summed E-state index contributed by atoms with van der Waals surface area (Å²) in [6.45, 7) is 2.75. The highest BCUT2D eigenvalue weighted by molar-refractivity contribution is 7.93. The number of hydrogen-bond acceptors (Lipinski definition) is 8. The van der Waals surface area contributed by atoms with Crippen molar-refractivity contribution >= 4 is 32.5 Å². The number of benzene rings is 1. The number of rotatable bonds is 5. The molecular weight excluding hydrogens is 463 g/mol. The molecule has 3 atom stereocenters. The van der Waals surface area contributed by atoms with Gasteiger partial charge in [0, 0.05) is 31.4 Å². The average Bonchev–Trinajstić information content (AvgIpc) is 3.45. The van der Waals surface area contributed by atoms with Gasteiger partial charge in [-0.1, -0.05) is 9.62 Å². The van der Waals surface area contributed by atoms with E-state index in [1.165, 1.54) is 23.0 Å². The molecule has 4 heterocycles. The van der Waals surface area contributed by atoms with Gasteiger partial charge in [-0.2, -0.15) is 9.46 Å². The molecule has 2 fully saturated rings. The van der Waals surface area contributed by atoms with E-state index in [0.29, 0.717) is 47.1 Å². The zero-order valence-electron chi connectivity index (χ0n) is 18.9. The Balaban J connectivity index is 1.49. The van der Waals surface area contributed by atoms with E-state index in [1.807, 2.05) is 0 Å². The molecule has 0 aliphatic carbocycles. The van der Waals surface area contributed by atoms with Crippen molar-refractivity contribution in [3.05, 3.63) is 47.7 Å². The molecule has 5 rings (SSSR count). The molecule has 2 saturated heterocycles. The van der Waals surface area contributed by atoms with Crippen LogP contribution in [0.2, 0.25) is 0 Å². The average molecular weight is 489 g/mol. The standard InChI is InChI=1S/C22H25FN6O4S/c1-12-14(22(30)28-34(2,3)24)9-29-19(12)21(25-11-26-29)27-15-5-4-13(23)8-17(15)33-18-10-32-16-6-7-31-20(16)18/h4-5,8-9,11,16,18,20,24H,6-7,10H2,1-3H3,(H,25,26,27)/t16-,18-,20+/m1/s1. The second kappa shape index (κ2) is 8.60. The fourth-order valence-electron chi connectivity index (χ4n) is 4.24. The van der Waals surface area contributed by atoms with E-state index in [-0.39, 0.29) is 18.3 Å². The van der Waals surface area contributed by atoms with Gasteiger partial charge in [0.25, 0.3) is 5.91 Å². The summed E-state index contributed by atoms with van der Waals surface area (Å²) in [5, 5.41) is 7.41. The van der Waals surface area contributed by atoms with Crippen molar-refractivity contribution in [3.63, 3.8) is 0 Å². The van der Waals surface area contributed by atoms with Crippen LogP contribution in [0.5, 0.6) is 5.75 Å². The minimum atomic E-state index is -2.12. The van der Waals surface area contributed by atoms with Gasteiger partial charge in [-0.05, 0) is 31.0 Å². The molecular formula is C22H25FN6O4S. The lowest BCUT2D eigenvalue weighted by atomic mass is 10.1. The first-order chi connectivity index (χ1) is 16.2. The van der Waals surface area contributed by atoms with Crippen molar-refractivity contribution in [1.29, 1.82) is 4.78 Å². The Kier molecular flexibility index (Phi) is 5.74. The summed E-state index contributed by atoms with van der Waals surface area (Å²) >= 11 is 0. The zero-order chi connectivity index (χ0) is 24.0. The van der Waals surface area contributed by atoms with Crippen LogP contribution >= 0.6 is 0 Å². The number of nitrogens with zero attached hydrogens (tertiary/aromatic N) is 4. The smallest absolute Gasteiger partial charge is 0.285 e. The van der Waals surface area contributed by atoms with E-state index in [0.717, 1.165) is 6.42 Å². The number of halogens is 1. The van der Waals surface area contributed by atoms with E-state index in [9.17, 15) is 9.18 Å². The number of aromatic nitrogens is 3. The molecule has 2 aromatic heterocycles. The largest absolute Gasteiger partial charge is 0.483 e. The lowest BCUT2D eigenvalue weighted by molar-refractivity contribution is 0.0310. The molecule has 0 unspecified atom stereocenters. The van der Waals surface area contributed by atoms with Crippen LogP contribution in [0.4, 0.5) is 15.9 Å². The topological polar surface area (TPSA) is 123 Å². The zero-order valence-corrected chi connectivity index (χ0v) is 19.8. The minimum absolute atomic E-state index is 0.00302. The van der Waals surface area contributed by atoms with Gasteiger partial charge in [-0.15, -0.1) is 0 Å². The molecule has 0 bridgehead atoms. The predicted molar refractivity (Wildman–Crippen MR) is 125 cm³/mol. The fourth-order valence-corrected chi connectivity index (χ4v) is 4.76. The van der Waals surface area contributed by atoms with E-state index in [2.05, 4.69) is 19.8 Å². The number of carbonyl (C=O) groups excluding carboxylic acids is 1. The van der Waals surface area contributed by atoms with Crippen molar-refractivity contribution in [2.24, 2.45) is 4.36 Å². The highest BCUT2D eigenvalue weighted by atomic mass is 32.2. The molecule has 1 amide bonds. The summed E-state index contributed by atoms with van der Waals surface area (Å²) in [5.74, 6) is -0.193. The van der Waals surface area contributed by atoms with Crippen molar-refractivity contribution in [3.8, 4) is 5.75 Å². The highest BCUT2D eigenvalue weighted by Gasteiger charge is 2.43. The quantitative estimate of drug-likeness (QED) is 0.564. The first kappa shape index (κ1) is 22.7. The van der Waals surface area contributed by atoms with Gasteiger partial charge in [0.05, 0.1) is 24.0 Å². The maximum absolute atomic E-state index is 14.1. The Labute approximate surface area is 196 Å². The van der Waals surface area contributed by atoms with Crippen LogP contribution in [0, 0.1) is 17.5 Å². The van der Waals surface area contributed by atoms with E-state index < -0.39 is 21.3 Å². The number of aryl methyl sites for hydroxylation is 1. The van der Waals surface area contributed by atoms with Crippen LogP contribution in [-0.2, 0) is 19.1 Å². The summed E-state index contributed by atoms with van der Waals surface area (Å²) in [6.07, 6.45) is 6.44. The summed E-state index contributed by atoms with van der Waals surface area (Å²) < 4.78 is 45.2. The Morgan fingerprint density at radius 2 is 2.21 bits per heavy atom. The third-order valence-electron chi connectivity index (χ3n) is 5.76. The Bertz CT molecular complexity index is 1390. The lowest BCUT2D eigenvalue weighted by Crippen LogP contribution is -2.32. The molecule has 10 nitrogen and oxygen atoms in total. The molecule has 180 valence electrons.